The first-order valence-electron chi connectivity index (χ1n) is 8.22. The molecule has 1 saturated heterocycles. The molecule has 1 fully saturated rings. The summed E-state index contributed by atoms with van der Waals surface area (Å²) in [6.07, 6.45) is 2.34. The number of aliphatic hydroxyl groups excluding tert-OH is 1. The normalized spacial score (nSPS) is 21.5. The summed E-state index contributed by atoms with van der Waals surface area (Å²) in [7, 11) is 0. The summed E-state index contributed by atoms with van der Waals surface area (Å²) in [6, 6.07) is 4.66. The van der Waals surface area contributed by atoms with Crippen molar-refractivity contribution in [3.05, 3.63) is 33.9 Å². The third-order valence-corrected chi connectivity index (χ3v) is 4.67. The molecule has 0 spiro atoms. The number of hydrogen-bond acceptors (Lipinski definition) is 5. The number of aliphatic hydroxyl groups is 1. The maximum absolute atomic E-state index is 12.2. The first kappa shape index (κ1) is 18.4. The second-order valence-electron chi connectivity index (χ2n) is 6.85. The van der Waals surface area contributed by atoms with Crippen LogP contribution in [0.2, 0.25) is 0 Å². The predicted octanol–water partition coefficient (Wildman–Crippen LogP) is 2.33. The molecule has 132 valence electrons. The number of likely N-dealkylation sites (tertiary alicyclic amines) is 1. The molecule has 1 atom stereocenters. The van der Waals surface area contributed by atoms with E-state index in [9.17, 15) is 20.0 Å². The molecule has 0 radical (unpaired) electrons. The third kappa shape index (κ3) is 4.52. The highest BCUT2D eigenvalue weighted by molar-refractivity contribution is 5.92. The maximum atomic E-state index is 12.2. The van der Waals surface area contributed by atoms with Crippen LogP contribution >= 0.6 is 0 Å². The molecule has 0 bridgehead atoms. The molecule has 2 N–H and O–H groups in total. The van der Waals surface area contributed by atoms with Gasteiger partial charge in [0.15, 0.2) is 0 Å². The van der Waals surface area contributed by atoms with Crippen molar-refractivity contribution in [2.75, 3.05) is 31.6 Å². The SMILES string of the molecule is Cc1c(NC(=O)CCN2CCCC(C)(CO)C2)cccc1[N+](=O)[O-]. The second-order valence-corrected chi connectivity index (χ2v) is 6.85. The molecular weight excluding hydrogens is 310 g/mol. The van der Waals surface area contributed by atoms with Crippen molar-refractivity contribution in [2.45, 2.75) is 33.1 Å². The van der Waals surface area contributed by atoms with Crippen LogP contribution in [0.15, 0.2) is 18.2 Å². The Bertz CT molecular complexity index is 620. The zero-order valence-electron chi connectivity index (χ0n) is 14.2. The molecule has 1 aromatic carbocycles. The summed E-state index contributed by atoms with van der Waals surface area (Å²) in [6.45, 7) is 6.18. The standard InChI is InChI=1S/C17H25N3O4/c1-13-14(5-3-6-15(13)20(23)24)18-16(22)7-10-19-9-4-8-17(2,11-19)12-21/h3,5-6,21H,4,7-12H2,1-2H3,(H,18,22). The van der Waals surface area contributed by atoms with Crippen LogP contribution in [0.4, 0.5) is 11.4 Å². The smallest absolute Gasteiger partial charge is 0.274 e. The molecule has 7 nitrogen and oxygen atoms in total. The van der Waals surface area contributed by atoms with E-state index in [1.807, 2.05) is 0 Å². The number of nitrogens with one attached hydrogen (secondary N) is 1. The number of carbonyl (C=O) groups is 1. The first-order valence-corrected chi connectivity index (χ1v) is 8.22. The number of amides is 1. The van der Waals surface area contributed by atoms with Crippen molar-refractivity contribution in [2.24, 2.45) is 5.41 Å². The van der Waals surface area contributed by atoms with Crippen LogP contribution in [0.25, 0.3) is 0 Å². The molecule has 7 heteroatoms. The van der Waals surface area contributed by atoms with Crippen molar-refractivity contribution in [3.8, 4) is 0 Å². The fraction of sp³-hybridized carbons (Fsp3) is 0.588. The molecular formula is C17H25N3O4. The molecule has 1 aliphatic heterocycles. The van der Waals surface area contributed by atoms with Gasteiger partial charge in [-0.3, -0.25) is 14.9 Å². The van der Waals surface area contributed by atoms with Crippen LogP contribution < -0.4 is 5.32 Å². The molecule has 0 saturated carbocycles. The van der Waals surface area contributed by atoms with Crippen molar-refractivity contribution in [1.82, 2.24) is 4.90 Å². The number of anilines is 1. The number of nitro groups is 1. The van der Waals surface area contributed by atoms with E-state index in [-0.39, 0.29) is 23.6 Å². The van der Waals surface area contributed by atoms with Crippen LogP contribution in [-0.4, -0.2) is 47.1 Å². The van der Waals surface area contributed by atoms with Gasteiger partial charge in [-0.2, -0.15) is 0 Å². The largest absolute Gasteiger partial charge is 0.396 e. The lowest BCUT2D eigenvalue weighted by atomic mass is 9.83. The lowest BCUT2D eigenvalue weighted by Crippen LogP contribution is -2.44. The van der Waals surface area contributed by atoms with Crippen LogP contribution in [0.1, 0.15) is 31.7 Å². The zero-order valence-corrected chi connectivity index (χ0v) is 14.2. The first-order chi connectivity index (χ1) is 11.3. The van der Waals surface area contributed by atoms with Gasteiger partial charge in [-0.05, 0) is 32.4 Å². The van der Waals surface area contributed by atoms with E-state index >= 15 is 0 Å². The number of piperidine rings is 1. The van der Waals surface area contributed by atoms with E-state index in [1.165, 1.54) is 6.07 Å². The maximum Gasteiger partial charge on any atom is 0.274 e. The Morgan fingerprint density at radius 3 is 2.92 bits per heavy atom. The average Bonchev–Trinajstić information content (AvgIpc) is 2.55. The van der Waals surface area contributed by atoms with Gasteiger partial charge >= 0.3 is 0 Å². The summed E-state index contributed by atoms with van der Waals surface area (Å²) >= 11 is 0. The molecule has 1 heterocycles. The summed E-state index contributed by atoms with van der Waals surface area (Å²) < 4.78 is 0. The highest BCUT2D eigenvalue weighted by Crippen LogP contribution is 2.29. The van der Waals surface area contributed by atoms with Gasteiger partial charge in [-0.15, -0.1) is 0 Å². The minimum Gasteiger partial charge on any atom is -0.396 e. The molecule has 1 aromatic rings. The Kier molecular flexibility index (Phi) is 5.90. The summed E-state index contributed by atoms with van der Waals surface area (Å²) in [5.41, 5.74) is 0.850. The number of nitrogens with zero attached hydrogens (tertiary/aromatic N) is 2. The Labute approximate surface area is 141 Å². The second kappa shape index (κ2) is 7.72. The molecule has 1 unspecified atom stereocenters. The third-order valence-electron chi connectivity index (χ3n) is 4.67. The van der Waals surface area contributed by atoms with Crippen molar-refractivity contribution in [3.63, 3.8) is 0 Å². The molecule has 24 heavy (non-hydrogen) atoms. The molecule has 1 amide bonds. The molecule has 0 aliphatic carbocycles. The van der Waals surface area contributed by atoms with Gasteiger partial charge in [0.1, 0.15) is 0 Å². The molecule has 0 aromatic heterocycles. The Hall–Kier alpha value is -1.99. The number of hydrogen-bond donors (Lipinski definition) is 2. The summed E-state index contributed by atoms with van der Waals surface area (Å²) in [5, 5.41) is 23.2. The van der Waals surface area contributed by atoms with Gasteiger partial charge < -0.3 is 15.3 Å². The van der Waals surface area contributed by atoms with Crippen LogP contribution in [0, 0.1) is 22.5 Å². The van der Waals surface area contributed by atoms with E-state index in [4.69, 9.17) is 0 Å². The molecule has 1 aliphatic rings. The Balaban J connectivity index is 1.90. The van der Waals surface area contributed by atoms with E-state index in [0.717, 1.165) is 25.9 Å². The number of benzene rings is 1. The van der Waals surface area contributed by atoms with Crippen molar-refractivity contribution in [1.29, 1.82) is 0 Å². The quantitative estimate of drug-likeness (QED) is 0.614. The van der Waals surface area contributed by atoms with E-state index in [0.29, 0.717) is 24.2 Å². The van der Waals surface area contributed by atoms with Crippen LogP contribution in [-0.2, 0) is 4.79 Å². The molecule has 2 rings (SSSR count). The van der Waals surface area contributed by atoms with E-state index in [2.05, 4.69) is 17.1 Å². The van der Waals surface area contributed by atoms with Gasteiger partial charge in [0.05, 0.1) is 16.2 Å². The predicted molar refractivity (Wildman–Crippen MR) is 91.9 cm³/mol. The van der Waals surface area contributed by atoms with Crippen LogP contribution in [0.5, 0.6) is 0 Å². The van der Waals surface area contributed by atoms with E-state index < -0.39 is 4.92 Å². The van der Waals surface area contributed by atoms with Crippen molar-refractivity contribution >= 4 is 17.3 Å². The number of nitro benzene ring substituents is 1. The summed E-state index contributed by atoms with van der Waals surface area (Å²) in [4.78, 5) is 24.9. The van der Waals surface area contributed by atoms with E-state index in [1.54, 1.807) is 19.1 Å². The fourth-order valence-corrected chi connectivity index (χ4v) is 3.18. The lowest BCUT2D eigenvalue weighted by Gasteiger charge is -2.39. The van der Waals surface area contributed by atoms with Gasteiger partial charge in [-0.25, -0.2) is 0 Å². The Morgan fingerprint density at radius 2 is 2.25 bits per heavy atom. The minimum absolute atomic E-state index is 0.00235. The van der Waals surface area contributed by atoms with Gasteiger partial charge in [-0.1, -0.05) is 13.0 Å². The van der Waals surface area contributed by atoms with Crippen molar-refractivity contribution < 1.29 is 14.8 Å². The Morgan fingerprint density at radius 1 is 1.50 bits per heavy atom. The van der Waals surface area contributed by atoms with Gasteiger partial charge in [0, 0.05) is 37.6 Å². The van der Waals surface area contributed by atoms with Gasteiger partial charge in [0.2, 0.25) is 5.91 Å². The lowest BCUT2D eigenvalue weighted by molar-refractivity contribution is -0.385. The topological polar surface area (TPSA) is 95.7 Å². The summed E-state index contributed by atoms with van der Waals surface area (Å²) in [5.74, 6) is -0.158. The van der Waals surface area contributed by atoms with Gasteiger partial charge in [0.25, 0.3) is 5.69 Å². The highest BCUT2D eigenvalue weighted by Gasteiger charge is 2.30. The number of rotatable bonds is 6. The zero-order chi connectivity index (χ0) is 17.7. The monoisotopic (exact) mass is 335 g/mol. The average molecular weight is 335 g/mol. The number of carbonyl (C=O) groups excluding carboxylic acids is 1. The van der Waals surface area contributed by atoms with Crippen LogP contribution in [0.3, 0.4) is 0 Å². The highest BCUT2D eigenvalue weighted by atomic mass is 16.6. The minimum atomic E-state index is -0.450. The fourth-order valence-electron chi connectivity index (χ4n) is 3.18.